The molecule has 8 nitrogen and oxygen atoms in total. The molecule has 1 saturated heterocycles. The molecule has 1 aliphatic heterocycles. The SMILES string of the molecule is Cc1cc(-c2ccc(S(=O)(=O)NC3CCC(C(=O)N4CC(=O)NCC4C4C=CC=CC4C)CC3)cc2)ccn1. The van der Waals surface area contributed by atoms with Gasteiger partial charge < -0.3 is 10.2 Å². The molecule has 2 N–H and O–H groups in total. The number of amides is 2. The maximum atomic E-state index is 13.6. The van der Waals surface area contributed by atoms with Crippen LogP contribution >= 0.6 is 0 Å². The molecule has 0 spiro atoms. The summed E-state index contributed by atoms with van der Waals surface area (Å²) in [6.07, 6.45) is 12.4. The van der Waals surface area contributed by atoms with Gasteiger partial charge in [-0.3, -0.25) is 14.6 Å². The van der Waals surface area contributed by atoms with Crippen molar-refractivity contribution in [3.63, 3.8) is 0 Å². The van der Waals surface area contributed by atoms with E-state index in [9.17, 15) is 18.0 Å². The fraction of sp³-hybridized carbons (Fsp3) is 0.433. The van der Waals surface area contributed by atoms with E-state index in [4.69, 9.17) is 0 Å². The van der Waals surface area contributed by atoms with Gasteiger partial charge >= 0.3 is 0 Å². The molecule has 5 rings (SSSR count). The molecule has 206 valence electrons. The Kier molecular flexibility index (Phi) is 8.00. The third-order valence-electron chi connectivity index (χ3n) is 8.21. The van der Waals surface area contributed by atoms with Crippen LogP contribution < -0.4 is 10.0 Å². The summed E-state index contributed by atoms with van der Waals surface area (Å²) < 4.78 is 29.0. The van der Waals surface area contributed by atoms with Gasteiger partial charge in [0.05, 0.1) is 17.5 Å². The van der Waals surface area contributed by atoms with Gasteiger partial charge in [0.15, 0.2) is 0 Å². The van der Waals surface area contributed by atoms with E-state index >= 15 is 0 Å². The largest absolute Gasteiger partial charge is 0.352 e. The molecular weight excluding hydrogens is 512 g/mol. The lowest BCUT2D eigenvalue weighted by Crippen LogP contribution is -2.60. The molecule has 1 aromatic heterocycles. The van der Waals surface area contributed by atoms with Gasteiger partial charge in [0, 0.05) is 36.3 Å². The van der Waals surface area contributed by atoms with Crippen molar-refractivity contribution in [3.8, 4) is 11.1 Å². The zero-order valence-electron chi connectivity index (χ0n) is 22.4. The highest BCUT2D eigenvalue weighted by Crippen LogP contribution is 2.32. The minimum absolute atomic E-state index is 0.00764. The van der Waals surface area contributed by atoms with Gasteiger partial charge in [-0.25, -0.2) is 13.1 Å². The maximum absolute atomic E-state index is 13.6. The van der Waals surface area contributed by atoms with E-state index in [1.165, 1.54) is 0 Å². The van der Waals surface area contributed by atoms with Gasteiger partial charge in [-0.1, -0.05) is 43.4 Å². The van der Waals surface area contributed by atoms with Crippen molar-refractivity contribution in [1.29, 1.82) is 0 Å². The molecule has 2 aromatic rings. The second kappa shape index (κ2) is 11.4. The monoisotopic (exact) mass is 548 g/mol. The van der Waals surface area contributed by atoms with Crippen LogP contribution in [-0.2, 0) is 19.6 Å². The first-order valence-electron chi connectivity index (χ1n) is 13.7. The van der Waals surface area contributed by atoms with Crippen LogP contribution in [0.3, 0.4) is 0 Å². The molecule has 9 heteroatoms. The Labute approximate surface area is 230 Å². The lowest BCUT2D eigenvalue weighted by Gasteiger charge is -2.43. The minimum Gasteiger partial charge on any atom is -0.352 e. The summed E-state index contributed by atoms with van der Waals surface area (Å²) in [5.41, 5.74) is 2.81. The standard InChI is InChI=1S/C30H36N4O4S/c1-20-5-3-4-6-27(20)28-18-32-29(35)19-34(28)30(36)23-7-11-25(12-8-23)33-39(37,38)26-13-9-22(10-14-26)24-15-16-31-21(2)17-24/h3-6,9-10,13-17,20,23,25,27-28,33H,7-8,11-12,18-19H2,1-2H3,(H,32,35). The van der Waals surface area contributed by atoms with Crippen molar-refractivity contribution < 1.29 is 18.0 Å². The van der Waals surface area contributed by atoms with Crippen LogP contribution in [0, 0.1) is 24.7 Å². The summed E-state index contributed by atoms with van der Waals surface area (Å²) in [6.45, 7) is 4.58. The summed E-state index contributed by atoms with van der Waals surface area (Å²) in [5, 5.41) is 2.93. The number of aromatic nitrogens is 1. The second-order valence-electron chi connectivity index (χ2n) is 10.9. The normalized spacial score (nSPS) is 27.3. The lowest BCUT2D eigenvalue weighted by atomic mass is 9.80. The van der Waals surface area contributed by atoms with Crippen LogP contribution in [0.25, 0.3) is 11.1 Å². The zero-order chi connectivity index (χ0) is 27.6. The van der Waals surface area contributed by atoms with Crippen molar-refractivity contribution in [2.75, 3.05) is 13.1 Å². The van der Waals surface area contributed by atoms with Gasteiger partial charge in [-0.15, -0.1) is 0 Å². The van der Waals surface area contributed by atoms with Gasteiger partial charge in [0.1, 0.15) is 0 Å². The molecule has 39 heavy (non-hydrogen) atoms. The van der Waals surface area contributed by atoms with Crippen molar-refractivity contribution in [2.45, 2.75) is 56.5 Å². The number of nitrogens with zero attached hydrogens (tertiary/aromatic N) is 2. The smallest absolute Gasteiger partial charge is 0.240 e. The topological polar surface area (TPSA) is 108 Å². The van der Waals surface area contributed by atoms with E-state index in [1.54, 1.807) is 23.2 Å². The number of carbonyl (C=O) groups is 2. The molecule has 1 aromatic carbocycles. The van der Waals surface area contributed by atoms with Crippen LogP contribution in [0.2, 0.25) is 0 Å². The van der Waals surface area contributed by atoms with Crippen molar-refractivity contribution in [3.05, 3.63) is 72.6 Å². The Morgan fingerprint density at radius 2 is 1.74 bits per heavy atom. The maximum Gasteiger partial charge on any atom is 0.240 e. The number of nitrogens with one attached hydrogen (secondary N) is 2. The molecule has 2 aliphatic carbocycles. The number of hydrogen-bond donors (Lipinski definition) is 2. The Morgan fingerprint density at radius 3 is 2.44 bits per heavy atom. The first-order valence-corrected chi connectivity index (χ1v) is 15.2. The fourth-order valence-electron chi connectivity index (χ4n) is 5.99. The quantitative estimate of drug-likeness (QED) is 0.574. The van der Waals surface area contributed by atoms with E-state index in [1.807, 2.05) is 43.3 Å². The van der Waals surface area contributed by atoms with Crippen LogP contribution in [0.5, 0.6) is 0 Å². The number of pyridine rings is 1. The Balaban J connectivity index is 1.20. The number of aryl methyl sites for hydroxylation is 1. The molecule has 0 bridgehead atoms. The number of hydrogen-bond acceptors (Lipinski definition) is 5. The molecule has 3 unspecified atom stereocenters. The average molecular weight is 549 g/mol. The van der Waals surface area contributed by atoms with Crippen molar-refractivity contribution >= 4 is 21.8 Å². The highest BCUT2D eigenvalue weighted by molar-refractivity contribution is 7.89. The molecular formula is C30H36N4O4S. The third-order valence-corrected chi connectivity index (χ3v) is 9.75. The van der Waals surface area contributed by atoms with Crippen LogP contribution in [-0.4, -0.2) is 55.3 Å². The number of rotatable bonds is 6. The summed E-state index contributed by atoms with van der Waals surface area (Å²) in [7, 11) is -3.69. The molecule has 2 fully saturated rings. The summed E-state index contributed by atoms with van der Waals surface area (Å²) >= 11 is 0. The molecule has 0 radical (unpaired) electrons. The lowest BCUT2D eigenvalue weighted by molar-refractivity contribution is -0.146. The first-order chi connectivity index (χ1) is 18.7. The van der Waals surface area contributed by atoms with Crippen molar-refractivity contribution in [2.24, 2.45) is 17.8 Å². The number of allylic oxidation sites excluding steroid dienone is 3. The zero-order valence-corrected chi connectivity index (χ0v) is 23.2. The third kappa shape index (κ3) is 6.15. The van der Waals surface area contributed by atoms with Gasteiger partial charge in [0.2, 0.25) is 21.8 Å². The van der Waals surface area contributed by atoms with E-state index in [0.29, 0.717) is 32.2 Å². The fourth-order valence-corrected chi connectivity index (χ4v) is 7.29. The van der Waals surface area contributed by atoms with E-state index in [2.05, 4.69) is 34.1 Å². The van der Waals surface area contributed by atoms with E-state index in [-0.39, 0.29) is 53.1 Å². The molecule has 2 amide bonds. The summed E-state index contributed by atoms with van der Waals surface area (Å²) in [6, 6.07) is 10.4. The predicted molar refractivity (Wildman–Crippen MR) is 150 cm³/mol. The predicted octanol–water partition coefficient (Wildman–Crippen LogP) is 3.60. The Hall–Kier alpha value is -3.30. The number of piperazine rings is 1. The first kappa shape index (κ1) is 27.3. The molecule has 3 aliphatic rings. The summed E-state index contributed by atoms with van der Waals surface area (Å²) in [4.78, 5) is 32.0. The number of benzene rings is 1. The minimum atomic E-state index is -3.69. The van der Waals surface area contributed by atoms with Gasteiger partial charge in [-0.05, 0) is 73.9 Å². The van der Waals surface area contributed by atoms with Crippen LogP contribution in [0.4, 0.5) is 0 Å². The molecule has 2 heterocycles. The summed E-state index contributed by atoms with van der Waals surface area (Å²) in [5.74, 6) is 0.0954. The highest BCUT2D eigenvalue weighted by Gasteiger charge is 2.40. The van der Waals surface area contributed by atoms with E-state index in [0.717, 1.165) is 16.8 Å². The van der Waals surface area contributed by atoms with Crippen molar-refractivity contribution in [1.82, 2.24) is 19.9 Å². The Morgan fingerprint density at radius 1 is 1.03 bits per heavy atom. The number of carbonyl (C=O) groups excluding carboxylic acids is 2. The van der Waals surface area contributed by atoms with E-state index < -0.39 is 10.0 Å². The van der Waals surface area contributed by atoms with Crippen LogP contribution in [0.1, 0.15) is 38.3 Å². The highest BCUT2D eigenvalue weighted by atomic mass is 32.2. The van der Waals surface area contributed by atoms with Crippen LogP contribution in [0.15, 0.2) is 71.8 Å². The molecule has 1 saturated carbocycles. The number of sulfonamides is 1. The Bertz CT molecular complexity index is 1380. The average Bonchev–Trinajstić information content (AvgIpc) is 2.93. The second-order valence-corrected chi connectivity index (χ2v) is 12.6. The molecule has 3 atom stereocenters. The van der Waals surface area contributed by atoms with Gasteiger partial charge in [0.25, 0.3) is 0 Å². The van der Waals surface area contributed by atoms with Gasteiger partial charge in [-0.2, -0.15) is 0 Å².